The maximum atomic E-state index is 12.8. The first-order valence-corrected chi connectivity index (χ1v) is 11.5. The van der Waals surface area contributed by atoms with Crippen LogP contribution in [0.25, 0.3) is 0 Å². The average molecular weight is 441 g/mol. The van der Waals surface area contributed by atoms with E-state index in [0.717, 1.165) is 31.1 Å². The number of ether oxygens (including phenoxy) is 1. The molecule has 1 saturated heterocycles. The second kappa shape index (κ2) is 9.53. The zero-order chi connectivity index (χ0) is 21.8. The van der Waals surface area contributed by atoms with Crippen molar-refractivity contribution in [1.29, 1.82) is 0 Å². The standard InChI is InChI=1S/C23H28N4O3S/c1-3-30-22(28)20-17(24-23(29)25-21(20)19-9-6-14-31-19)15-26-10-12-27(13-11-26)18-8-5-4-7-16(18)2/h4-9,14,21H,3,10-13,15H2,1-2H3,(H2,24,25,29). The number of anilines is 1. The van der Waals surface area contributed by atoms with Gasteiger partial charge in [-0.1, -0.05) is 24.3 Å². The van der Waals surface area contributed by atoms with Gasteiger partial charge in [-0.05, 0) is 36.9 Å². The summed E-state index contributed by atoms with van der Waals surface area (Å²) in [6, 6.07) is 11.5. The molecule has 0 saturated carbocycles. The van der Waals surface area contributed by atoms with Gasteiger partial charge in [-0.15, -0.1) is 11.3 Å². The van der Waals surface area contributed by atoms with Crippen LogP contribution in [-0.4, -0.2) is 56.2 Å². The Kier molecular flexibility index (Phi) is 6.58. The number of amides is 2. The first-order chi connectivity index (χ1) is 15.1. The number of nitrogens with one attached hydrogen (secondary N) is 2. The lowest BCUT2D eigenvalue weighted by atomic mass is 10.0. The molecule has 1 fully saturated rings. The van der Waals surface area contributed by atoms with Crippen LogP contribution in [0.2, 0.25) is 0 Å². The molecule has 0 spiro atoms. The summed E-state index contributed by atoms with van der Waals surface area (Å²) in [5.74, 6) is -0.387. The van der Waals surface area contributed by atoms with Gasteiger partial charge in [-0.2, -0.15) is 0 Å². The lowest BCUT2D eigenvalue weighted by Gasteiger charge is -2.38. The van der Waals surface area contributed by atoms with E-state index < -0.39 is 6.04 Å². The molecule has 8 heteroatoms. The fraction of sp³-hybridized carbons (Fsp3) is 0.391. The molecule has 2 amide bonds. The lowest BCUT2D eigenvalue weighted by molar-refractivity contribution is -0.139. The van der Waals surface area contributed by atoms with Gasteiger partial charge >= 0.3 is 12.0 Å². The fourth-order valence-corrected chi connectivity index (χ4v) is 4.93. The molecule has 2 N–H and O–H groups in total. The van der Waals surface area contributed by atoms with Crippen molar-refractivity contribution >= 4 is 29.0 Å². The van der Waals surface area contributed by atoms with Gasteiger partial charge in [0.25, 0.3) is 0 Å². The van der Waals surface area contributed by atoms with Gasteiger partial charge in [-0.25, -0.2) is 9.59 Å². The highest BCUT2D eigenvalue weighted by molar-refractivity contribution is 7.10. The number of hydrogen-bond donors (Lipinski definition) is 2. The van der Waals surface area contributed by atoms with Crippen molar-refractivity contribution in [3.8, 4) is 0 Å². The third-order valence-electron chi connectivity index (χ3n) is 5.69. The fourth-order valence-electron chi connectivity index (χ4n) is 4.15. The van der Waals surface area contributed by atoms with Crippen molar-refractivity contribution in [1.82, 2.24) is 15.5 Å². The van der Waals surface area contributed by atoms with E-state index in [1.54, 1.807) is 6.92 Å². The molecule has 1 atom stereocenters. The van der Waals surface area contributed by atoms with Crippen LogP contribution in [0.3, 0.4) is 0 Å². The lowest BCUT2D eigenvalue weighted by Crippen LogP contribution is -2.51. The molecular formula is C23H28N4O3S. The molecule has 31 heavy (non-hydrogen) atoms. The third-order valence-corrected chi connectivity index (χ3v) is 6.62. The van der Waals surface area contributed by atoms with Crippen molar-refractivity contribution in [3.63, 3.8) is 0 Å². The van der Waals surface area contributed by atoms with Gasteiger partial charge in [0.05, 0.1) is 18.2 Å². The molecule has 0 bridgehead atoms. The molecule has 1 aromatic carbocycles. The normalized spacial score (nSPS) is 19.7. The predicted octanol–water partition coefficient (Wildman–Crippen LogP) is 3.05. The summed E-state index contributed by atoms with van der Waals surface area (Å²) in [5, 5.41) is 7.70. The summed E-state index contributed by atoms with van der Waals surface area (Å²) in [5.41, 5.74) is 3.66. The highest BCUT2D eigenvalue weighted by atomic mass is 32.1. The van der Waals surface area contributed by atoms with Crippen LogP contribution in [0.15, 0.2) is 53.0 Å². The van der Waals surface area contributed by atoms with Crippen molar-refractivity contribution in [2.45, 2.75) is 19.9 Å². The van der Waals surface area contributed by atoms with Gasteiger partial charge in [0.1, 0.15) is 0 Å². The minimum absolute atomic E-state index is 0.288. The van der Waals surface area contributed by atoms with Gasteiger partial charge in [-0.3, -0.25) is 4.90 Å². The van der Waals surface area contributed by atoms with Crippen LogP contribution < -0.4 is 15.5 Å². The smallest absolute Gasteiger partial charge is 0.338 e. The number of piperazine rings is 1. The molecule has 164 valence electrons. The first kappa shape index (κ1) is 21.4. The molecular weight excluding hydrogens is 412 g/mol. The van der Waals surface area contributed by atoms with E-state index >= 15 is 0 Å². The molecule has 2 aliphatic heterocycles. The molecule has 1 aromatic heterocycles. The number of urea groups is 1. The number of carbonyl (C=O) groups excluding carboxylic acids is 2. The van der Waals surface area contributed by atoms with E-state index in [-0.39, 0.29) is 18.6 Å². The van der Waals surface area contributed by atoms with Crippen molar-refractivity contribution in [3.05, 3.63) is 63.5 Å². The predicted molar refractivity (Wildman–Crippen MR) is 122 cm³/mol. The topological polar surface area (TPSA) is 73.9 Å². The summed E-state index contributed by atoms with van der Waals surface area (Å²) < 4.78 is 5.34. The number of carbonyl (C=O) groups is 2. The number of rotatable bonds is 6. The quantitative estimate of drug-likeness (QED) is 0.676. The van der Waals surface area contributed by atoms with E-state index in [9.17, 15) is 9.59 Å². The summed E-state index contributed by atoms with van der Waals surface area (Å²) >= 11 is 1.51. The number of thiophene rings is 1. The molecule has 0 aliphatic carbocycles. The second-order valence-corrected chi connectivity index (χ2v) is 8.69. The minimum atomic E-state index is -0.490. The Morgan fingerprint density at radius 2 is 1.94 bits per heavy atom. The zero-order valence-corrected chi connectivity index (χ0v) is 18.7. The number of para-hydroxylation sites is 1. The number of aryl methyl sites for hydroxylation is 1. The van der Waals surface area contributed by atoms with Crippen LogP contribution in [0.4, 0.5) is 10.5 Å². The van der Waals surface area contributed by atoms with E-state index in [1.165, 1.54) is 22.6 Å². The van der Waals surface area contributed by atoms with Crippen molar-refractivity contribution in [2.75, 3.05) is 44.2 Å². The number of hydrogen-bond acceptors (Lipinski definition) is 6. The van der Waals surface area contributed by atoms with Crippen molar-refractivity contribution in [2.24, 2.45) is 0 Å². The number of esters is 1. The molecule has 1 unspecified atom stereocenters. The molecule has 2 aromatic rings. The third kappa shape index (κ3) is 4.75. The van der Waals surface area contributed by atoms with Gasteiger partial charge < -0.3 is 20.3 Å². The molecule has 3 heterocycles. The maximum absolute atomic E-state index is 12.8. The van der Waals surface area contributed by atoms with Crippen LogP contribution in [0, 0.1) is 6.92 Å². The molecule has 4 rings (SSSR count). The second-order valence-electron chi connectivity index (χ2n) is 7.71. The van der Waals surface area contributed by atoms with Crippen LogP contribution in [-0.2, 0) is 9.53 Å². The van der Waals surface area contributed by atoms with Gasteiger partial charge in [0.2, 0.25) is 0 Å². The summed E-state index contributed by atoms with van der Waals surface area (Å²) in [4.78, 5) is 30.8. The van der Waals surface area contributed by atoms with E-state index in [2.05, 4.69) is 51.6 Å². The Labute approximate surface area is 186 Å². The van der Waals surface area contributed by atoms with Crippen LogP contribution in [0.1, 0.15) is 23.4 Å². The zero-order valence-electron chi connectivity index (χ0n) is 17.9. The average Bonchev–Trinajstić information content (AvgIpc) is 3.29. The van der Waals surface area contributed by atoms with Gasteiger partial charge in [0.15, 0.2) is 0 Å². The SMILES string of the molecule is CCOC(=O)C1=C(CN2CCN(c3ccccc3C)CC2)NC(=O)NC1c1cccs1. The summed E-state index contributed by atoms with van der Waals surface area (Å²) in [6.45, 7) is 8.20. The molecule has 7 nitrogen and oxygen atoms in total. The van der Waals surface area contributed by atoms with E-state index in [4.69, 9.17) is 4.74 Å². The van der Waals surface area contributed by atoms with Crippen LogP contribution >= 0.6 is 11.3 Å². The number of nitrogens with zero attached hydrogens (tertiary/aromatic N) is 2. The molecule has 0 radical (unpaired) electrons. The Bertz CT molecular complexity index is 965. The summed E-state index contributed by atoms with van der Waals surface area (Å²) in [6.07, 6.45) is 0. The maximum Gasteiger partial charge on any atom is 0.338 e. The number of benzene rings is 1. The monoisotopic (exact) mass is 440 g/mol. The van der Waals surface area contributed by atoms with E-state index in [0.29, 0.717) is 17.8 Å². The first-order valence-electron chi connectivity index (χ1n) is 10.6. The van der Waals surface area contributed by atoms with Gasteiger partial charge in [0, 0.05) is 49.0 Å². The minimum Gasteiger partial charge on any atom is -0.463 e. The Balaban J connectivity index is 1.53. The van der Waals surface area contributed by atoms with E-state index in [1.807, 2.05) is 17.5 Å². The van der Waals surface area contributed by atoms with Crippen LogP contribution in [0.5, 0.6) is 0 Å². The highest BCUT2D eigenvalue weighted by Gasteiger charge is 2.35. The highest BCUT2D eigenvalue weighted by Crippen LogP contribution is 2.31. The Hall–Kier alpha value is -2.84. The summed E-state index contributed by atoms with van der Waals surface area (Å²) in [7, 11) is 0. The largest absolute Gasteiger partial charge is 0.463 e. The Morgan fingerprint density at radius 1 is 1.16 bits per heavy atom. The van der Waals surface area contributed by atoms with Crippen molar-refractivity contribution < 1.29 is 14.3 Å². The Morgan fingerprint density at radius 3 is 2.61 bits per heavy atom. The molecule has 2 aliphatic rings.